The molecule has 2 fully saturated rings. The highest BCUT2D eigenvalue weighted by Crippen LogP contribution is 2.19. The summed E-state index contributed by atoms with van der Waals surface area (Å²) in [5.74, 6) is -0.0489. The molecule has 0 saturated carbocycles. The Hall–Kier alpha value is -1.34. The summed E-state index contributed by atoms with van der Waals surface area (Å²) >= 11 is 0. The molecule has 3 unspecified atom stereocenters. The van der Waals surface area contributed by atoms with Crippen LogP contribution in [-0.4, -0.2) is 84.2 Å². The number of ether oxygens (including phenoxy) is 1. The lowest BCUT2D eigenvalue weighted by Crippen LogP contribution is -2.64. The molecule has 21 heavy (non-hydrogen) atoms. The highest BCUT2D eigenvalue weighted by Gasteiger charge is 2.37. The topological polar surface area (TPSA) is 79.1 Å². The number of nitrogens with zero attached hydrogens (tertiary/aromatic N) is 3. The van der Waals surface area contributed by atoms with Crippen molar-refractivity contribution in [3.05, 3.63) is 0 Å². The summed E-state index contributed by atoms with van der Waals surface area (Å²) in [5.41, 5.74) is 5.68. The van der Waals surface area contributed by atoms with E-state index < -0.39 is 6.04 Å². The number of rotatable bonds is 1. The average Bonchev–Trinajstić information content (AvgIpc) is 2.46. The number of piperazine rings is 1. The van der Waals surface area contributed by atoms with Gasteiger partial charge in [-0.2, -0.15) is 0 Å². The number of nitrogens with two attached hydrogens (primary N) is 1. The Bertz CT molecular complexity index is 384. The summed E-state index contributed by atoms with van der Waals surface area (Å²) in [5, 5.41) is 0. The maximum atomic E-state index is 12.7. The Kier molecular flexibility index (Phi) is 5.05. The third-order valence-electron chi connectivity index (χ3n) is 4.12. The van der Waals surface area contributed by atoms with Gasteiger partial charge in [0.25, 0.3) is 0 Å². The molecule has 120 valence electrons. The van der Waals surface area contributed by atoms with E-state index in [-0.39, 0.29) is 24.0 Å². The van der Waals surface area contributed by atoms with Crippen LogP contribution in [0.25, 0.3) is 0 Å². The van der Waals surface area contributed by atoms with Crippen molar-refractivity contribution in [1.29, 1.82) is 0 Å². The van der Waals surface area contributed by atoms with Crippen LogP contribution in [0.5, 0.6) is 0 Å². The van der Waals surface area contributed by atoms with Crippen LogP contribution < -0.4 is 5.73 Å². The van der Waals surface area contributed by atoms with Crippen molar-refractivity contribution in [3.63, 3.8) is 0 Å². The zero-order valence-corrected chi connectivity index (χ0v) is 13.1. The predicted molar refractivity (Wildman–Crippen MR) is 78.8 cm³/mol. The molecule has 0 aromatic carbocycles. The molecule has 2 aliphatic rings. The van der Waals surface area contributed by atoms with Crippen LogP contribution in [0.2, 0.25) is 0 Å². The van der Waals surface area contributed by atoms with Gasteiger partial charge in [-0.3, -0.25) is 4.79 Å². The van der Waals surface area contributed by atoms with E-state index in [1.54, 1.807) is 11.8 Å². The summed E-state index contributed by atoms with van der Waals surface area (Å²) in [6.07, 6.45) is 0. The second-order valence-electron chi connectivity index (χ2n) is 6.02. The molecule has 0 bridgehead atoms. The molecule has 2 saturated heterocycles. The molecule has 7 heteroatoms. The van der Waals surface area contributed by atoms with Crippen molar-refractivity contribution in [2.75, 3.05) is 39.4 Å². The van der Waals surface area contributed by atoms with Crippen LogP contribution in [0.1, 0.15) is 20.8 Å². The fraction of sp³-hybridized carbons (Fsp3) is 0.857. The number of carbonyl (C=O) groups excluding carboxylic acids is 2. The second kappa shape index (κ2) is 6.62. The molecular weight excluding hydrogens is 272 g/mol. The van der Waals surface area contributed by atoms with Gasteiger partial charge in [-0.15, -0.1) is 0 Å². The first-order chi connectivity index (χ1) is 9.91. The van der Waals surface area contributed by atoms with Crippen LogP contribution in [0.4, 0.5) is 4.79 Å². The van der Waals surface area contributed by atoms with Crippen molar-refractivity contribution in [2.45, 2.75) is 38.9 Å². The summed E-state index contributed by atoms with van der Waals surface area (Å²) in [6, 6.07) is -0.462. The van der Waals surface area contributed by atoms with Crippen molar-refractivity contribution >= 4 is 11.9 Å². The van der Waals surface area contributed by atoms with Gasteiger partial charge in [0.15, 0.2) is 0 Å². The first kappa shape index (κ1) is 16.0. The molecule has 0 aromatic heterocycles. The van der Waals surface area contributed by atoms with E-state index in [9.17, 15) is 9.59 Å². The highest BCUT2D eigenvalue weighted by atomic mass is 16.5. The number of amides is 3. The van der Waals surface area contributed by atoms with Crippen molar-refractivity contribution in [3.8, 4) is 0 Å². The number of hydrogen-bond donors (Lipinski definition) is 1. The Balaban J connectivity index is 2.02. The van der Waals surface area contributed by atoms with E-state index in [1.807, 2.05) is 23.6 Å². The Labute approximate surface area is 126 Å². The Morgan fingerprint density at radius 3 is 2.10 bits per heavy atom. The van der Waals surface area contributed by atoms with Gasteiger partial charge in [0.1, 0.15) is 0 Å². The number of urea groups is 1. The lowest BCUT2D eigenvalue weighted by Gasteiger charge is -2.46. The maximum absolute atomic E-state index is 12.7. The molecule has 0 spiro atoms. The Morgan fingerprint density at radius 1 is 1.10 bits per heavy atom. The molecule has 3 amide bonds. The van der Waals surface area contributed by atoms with E-state index in [2.05, 4.69) is 0 Å². The third kappa shape index (κ3) is 3.47. The van der Waals surface area contributed by atoms with Crippen molar-refractivity contribution < 1.29 is 14.3 Å². The maximum Gasteiger partial charge on any atom is 0.320 e. The minimum absolute atomic E-state index is 0.00760. The molecule has 0 aromatic rings. The molecule has 7 nitrogen and oxygen atoms in total. The third-order valence-corrected chi connectivity index (χ3v) is 4.12. The lowest BCUT2D eigenvalue weighted by molar-refractivity contribution is -0.135. The molecule has 2 N–H and O–H groups in total. The fourth-order valence-electron chi connectivity index (χ4n) is 3.09. The smallest absolute Gasteiger partial charge is 0.320 e. The number of hydrogen-bond acceptors (Lipinski definition) is 4. The van der Waals surface area contributed by atoms with Crippen molar-refractivity contribution in [2.24, 2.45) is 5.73 Å². The van der Waals surface area contributed by atoms with E-state index in [4.69, 9.17) is 10.5 Å². The average molecular weight is 298 g/mol. The summed E-state index contributed by atoms with van der Waals surface area (Å²) < 4.78 is 5.29. The van der Waals surface area contributed by atoms with Crippen LogP contribution in [-0.2, 0) is 9.53 Å². The monoisotopic (exact) mass is 298 g/mol. The molecule has 2 heterocycles. The van der Waals surface area contributed by atoms with E-state index in [0.29, 0.717) is 39.4 Å². The zero-order chi connectivity index (χ0) is 15.6. The van der Waals surface area contributed by atoms with Crippen LogP contribution in [0.3, 0.4) is 0 Å². The first-order valence-electron chi connectivity index (χ1n) is 7.61. The van der Waals surface area contributed by atoms with Gasteiger partial charge >= 0.3 is 6.03 Å². The quantitative estimate of drug-likeness (QED) is 0.721. The number of morpholine rings is 1. The van der Waals surface area contributed by atoms with E-state index in [1.165, 1.54) is 0 Å². The first-order valence-corrected chi connectivity index (χ1v) is 7.61. The van der Waals surface area contributed by atoms with Gasteiger partial charge in [0, 0.05) is 38.3 Å². The minimum atomic E-state index is -0.495. The molecular formula is C14H26N4O3. The van der Waals surface area contributed by atoms with Gasteiger partial charge in [-0.05, 0) is 20.8 Å². The fourth-order valence-corrected chi connectivity index (χ4v) is 3.09. The standard InChI is InChI=1S/C14H26N4O3/c1-10-8-17(13(19)12(3)15)9-11(2)18(10)14(20)16-4-6-21-7-5-16/h10-12H,4-9,15H2,1-3H3. The lowest BCUT2D eigenvalue weighted by atomic mass is 10.1. The van der Waals surface area contributed by atoms with E-state index >= 15 is 0 Å². The minimum Gasteiger partial charge on any atom is -0.378 e. The highest BCUT2D eigenvalue weighted by molar-refractivity contribution is 5.82. The summed E-state index contributed by atoms with van der Waals surface area (Å²) in [4.78, 5) is 30.2. The molecule has 2 aliphatic heterocycles. The molecule has 2 rings (SSSR count). The number of carbonyl (C=O) groups is 2. The molecule has 0 aliphatic carbocycles. The van der Waals surface area contributed by atoms with Crippen molar-refractivity contribution in [1.82, 2.24) is 14.7 Å². The van der Waals surface area contributed by atoms with Crippen LogP contribution >= 0.6 is 0 Å². The van der Waals surface area contributed by atoms with Gasteiger partial charge in [0.2, 0.25) is 5.91 Å². The molecule has 3 atom stereocenters. The second-order valence-corrected chi connectivity index (χ2v) is 6.02. The van der Waals surface area contributed by atoms with Crippen LogP contribution in [0.15, 0.2) is 0 Å². The normalized spacial score (nSPS) is 28.5. The summed E-state index contributed by atoms with van der Waals surface area (Å²) in [7, 11) is 0. The van der Waals surface area contributed by atoms with Gasteiger partial charge < -0.3 is 25.2 Å². The Morgan fingerprint density at radius 2 is 1.62 bits per heavy atom. The van der Waals surface area contributed by atoms with Gasteiger partial charge in [-0.25, -0.2) is 4.79 Å². The van der Waals surface area contributed by atoms with Crippen LogP contribution in [0, 0.1) is 0 Å². The van der Waals surface area contributed by atoms with E-state index in [0.717, 1.165) is 0 Å². The molecule has 0 radical (unpaired) electrons. The zero-order valence-electron chi connectivity index (χ0n) is 13.1. The summed E-state index contributed by atoms with van der Waals surface area (Å²) in [6.45, 7) is 9.21. The SMILES string of the molecule is CC(N)C(=O)N1CC(C)N(C(=O)N2CCOCC2)C(C)C1. The predicted octanol–water partition coefficient (Wildman–Crippen LogP) is -0.293. The van der Waals surface area contributed by atoms with Gasteiger partial charge in [-0.1, -0.05) is 0 Å². The van der Waals surface area contributed by atoms with Gasteiger partial charge in [0.05, 0.1) is 19.3 Å². The largest absolute Gasteiger partial charge is 0.378 e.